The maximum atomic E-state index is 11.1. The summed E-state index contributed by atoms with van der Waals surface area (Å²) in [5.74, 6) is 0.900. The fraction of sp³-hybridized carbons (Fsp3) is 0.533. The molecule has 3 aromatic rings. The van der Waals surface area contributed by atoms with Gasteiger partial charge in [-0.1, -0.05) is 36.8 Å². The number of piperidine rings is 1. The molecule has 4 rings (SSSR count). The molecule has 2 aromatic carbocycles. The second-order valence-corrected chi connectivity index (χ2v) is 10.2. The van der Waals surface area contributed by atoms with Crippen molar-refractivity contribution in [2.45, 2.75) is 58.7 Å². The molecule has 0 aliphatic carbocycles. The van der Waals surface area contributed by atoms with Crippen molar-refractivity contribution in [3.63, 3.8) is 0 Å². The monoisotopic (exact) mass is 493 g/mol. The predicted octanol–water partition coefficient (Wildman–Crippen LogP) is 4.37. The summed E-state index contributed by atoms with van der Waals surface area (Å²) < 4.78 is 8.31. The largest absolute Gasteiger partial charge is 0.492 e. The Balaban J connectivity index is 1.36. The van der Waals surface area contributed by atoms with Crippen molar-refractivity contribution in [3.05, 3.63) is 65.4 Å². The maximum Gasteiger partial charge on any atom is 0.119 e. The van der Waals surface area contributed by atoms with Crippen LogP contribution in [0.15, 0.2) is 48.5 Å². The van der Waals surface area contributed by atoms with E-state index in [-0.39, 0.29) is 6.61 Å². The van der Waals surface area contributed by atoms with E-state index in [0.29, 0.717) is 32.7 Å². The minimum Gasteiger partial charge on any atom is -0.492 e. The van der Waals surface area contributed by atoms with Gasteiger partial charge in [0.15, 0.2) is 0 Å². The number of hydrogen-bond acceptors (Lipinski definition) is 5. The number of aryl methyl sites for hydroxylation is 1. The first kappa shape index (κ1) is 26.7. The fourth-order valence-corrected chi connectivity index (χ4v) is 5.40. The van der Waals surface area contributed by atoms with E-state index in [1.54, 1.807) is 0 Å². The van der Waals surface area contributed by atoms with Crippen LogP contribution in [0, 0.1) is 13.8 Å². The average Bonchev–Trinajstić information content (AvgIpc) is 3.13. The Labute approximate surface area is 216 Å². The number of aromatic nitrogens is 1. The summed E-state index contributed by atoms with van der Waals surface area (Å²) in [4.78, 5) is 4.73. The number of likely N-dealkylation sites (tertiary alicyclic amines) is 1. The number of rotatable bonds is 13. The summed E-state index contributed by atoms with van der Waals surface area (Å²) in [5, 5.41) is 21.8. The normalized spacial score (nSPS) is 15.6. The van der Waals surface area contributed by atoms with E-state index in [9.17, 15) is 10.2 Å². The van der Waals surface area contributed by atoms with E-state index in [2.05, 4.69) is 64.6 Å². The van der Waals surface area contributed by atoms with E-state index in [1.807, 2.05) is 12.1 Å². The van der Waals surface area contributed by atoms with Crippen LogP contribution in [0.4, 0.5) is 0 Å². The molecule has 6 nitrogen and oxygen atoms in total. The molecule has 1 atom stereocenters. The lowest BCUT2D eigenvalue weighted by molar-refractivity contribution is 0.0908. The standard InChI is InChI=1S/C30H43N3O3/c1-24-25(2)33(30-13-5-4-12-29(24)30)23-27(35)22-32(16-9-18-34)21-26-10-8-11-28(20-26)36-19-17-31-14-6-3-7-15-31/h4-5,8,10-13,20,27,34-35H,3,6-7,9,14-19,21-23H2,1-2H3. The molecular weight excluding hydrogens is 450 g/mol. The Kier molecular flexibility index (Phi) is 9.82. The second kappa shape index (κ2) is 13.2. The van der Waals surface area contributed by atoms with Gasteiger partial charge in [-0.3, -0.25) is 9.80 Å². The minimum absolute atomic E-state index is 0.146. The first-order chi connectivity index (χ1) is 17.5. The van der Waals surface area contributed by atoms with Gasteiger partial charge in [-0.15, -0.1) is 0 Å². The molecule has 196 valence electrons. The summed E-state index contributed by atoms with van der Waals surface area (Å²) in [6.45, 7) is 11.0. The summed E-state index contributed by atoms with van der Waals surface area (Å²) in [5.41, 5.74) is 4.80. The average molecular weight is 494 g/mol. The van der Waals surface area contributed by atoms with Crippen molar-refractivity contribution in [2.75, 3.05) is 45.9 Å². The molecule has 2 N–H and O–H groups in total. The van der Waals surface area contributed by atoms with Gasteiger partial charge < -0.3 is 19.5 Å². The highest BCUT2D eigenvalue weighted by Crippen LogP contribution is 2.25. The number of aliphatic hydroxyl groups is 2. The summed E-state index contributed by atoms with van der Waals surface area (Å²) in [7, 11) is 0. The van der Waals surface area contributed by atoms with Crippen molar-refractivity contribution in [1.82, 2.24) is 14.4 Å². The predicted molar refractivity (Wildman–Crippen MR) is 147 cm³/mol. The topological polar surface area (TPSA) is 61.1 Å². The van der Waals surface area contributed by atoms with E-state index < -0.39 is 6.10 Å². The van der Waals surface area contributed by atoms with Gasteiger partial charge in [-0.05, 0) is 75.5 Å². The lowest BCUT2D eigenvalue weighted by Crippen LogP contribution is -2.35. The Bertz CT molecular complexity index is 1090. The van der Waals surface area contributed by atoms with Crippen molar-refractivity contribution in [3.8, 4) is 5.75 Å². The van der Waals surface area contributed by atoms with Crippen LogP contribution in [0.1, 0.15) is 42.5 Å². The van der Waals surface area contributed by atoms with Gasteiger partial charge in [0.1, 0.15) is 12.4 Å². The second-order valence-electron chi connectivity index (χ2n) is 10.2. The molecule has 0 radical (unpaired) electrons. The Hall–Kier alpha value is -2.38. The van der Waals surface area contributed by atoms with Crippen LogP contribution in [0.25, 0.3) is 10.9 Å². The zero-order chi connectivity index (χ0) is 25.3. The first-order valence-electron chi connectivity index (χ1n) is 13.5. The van der Waals surface area contributed by atoms with Gasteiger partial charge in [-0.2, -0.15) is 0 Å². The van der Waals surface area contributed by atoms with Crippen LogP contribution in [0.5, 0.6) is 5.75 Å². The Morgan fingerprint density at radius 2 is 1.83 bits per heavy atom. The minimum atomic E-state index is -0.512. The third kappa shape index (κ3) is 7.10. The van der Waals surface area contributed by atoms with E-state index in [1.165, 1.54) is 54.5 Å². The smallest absolute Gasteiger partial charge is 0.119 e. The number of fused-ring (bicyclic) bond motifs is 1. The van der Waals surface area contributed by atoms with Gasteiger partial charge >= 0.3 is 0 Å². The number of ether oxygens (including phenoxy) is 1. The van der Waals surface area contributed by atoms with Gasteiger partial charge in [0.05, 0.1) is 12.6 Å². The molecule has 1 aliphatic rings. The molecule has 1 unspecified atom stereocenters. The highest BCUT2D eigenvalue weighted by atomic mass is 16.5. The highest BCUT2D eigenvalue weighted by Gasteiger charge is 2.17. The maximum absolute atomic E-state index is 11.1. The van der Waals surface area contributed by atoms with Crippen molar-refractivity contribution in [1.29, 1.82) is 0 Å². The van der Waals surface area contributed by atoms with E-state index in [4.69, 9.17) is 4.74 Å². The zero-order valence-electron chi connectivity index (χ0n) is 22.0. The van der Waals surface area contributed by atoms with E-state index in [0.717, 1.165) is 24.4 Å². The molecule has 0 spiro atoms. The molecule has 1 aliphatic heterocycles. The van der Waals surface area contributed by atoms with Crippen LogP contribution in [0.3, 0.4) is 0 Å². The zero-order valence-corrected chi connectivity index (χ0v) is 22.0. The molecule has 36 heavy (non-hydrogen) atoms. The SMILES string of the molecule is Cc1c(C)n(CC(O)CN(CCCO)Cc2cccc(OCCN3CCCCC3)c2)c2ccccc12. The summed E-state index contributed by atoms with van der Waals surface area (Å²) >= 11 is 0. The van der Waals surface area contributed by atoms with Crippen LogP contribution in [0.2, 0.25) is 0 Å². The van der Waals surface area contributed by atoms with Gasteiger partial charge in [-0.25, -0.2) is 0 Å². The Morgan fingerprint density at radius 1 is 1.03 bits per heavy atom. The van der Waals surface area contributed by atoms with Gasteiger partial charge in [0.25, 0.3) is 0 Å². The lowest BCUT2D eigenvalue weighted by atomic mass is 10.1. The van der Waals surface area contributed by atoms with Crippen LogP contribution in [-0.4, -0.2) is 76.6 Å². The molecule has 1 fully saturated rings. The number of hydrogen-bond donors (Lipinski definition) is 2. The third-order valence-electron chi connectivity index (χ3n) is 7.47. The van der Waals surface area contributed by atoms with Crippen LogP contribution in [-0.2, 0) is 13.1 Å². The molecule has 6 heteroatoms. The van der Waals surface area contributed by atoms with E-state index >= 15 is 0 Å². The number of nitrogens with zero attached hydrogens (tertiary/aromatic N) is 3. The fourth-order valence-electron chi connectivity index (χ4n) is 5.40. The molecule has 1 saturated heterocycles. The number of aliphatic hydroxyl groups excluding tert-OH is 2. The number of para-hydroxylation sites is 1. The molecule has 1 aromatic heterocycles. The summed E-state index contributed by atoms with van der Waals surface area (Å²) in [6, 6.07) is 16.7. The lowest BCUT2D eigenvalue weighted by Gasteiger charge is -2.26. The molecule has 0 bridgehead atoms. The first-order valence-corrected chi connectivity index (χ1v) is 13.5. The van der Waals surface area contributed by atoms with Crippen molar-refractivity contribution < 1.29 is 14.9 Å². The molecular formula is C30H43N3O3. The van der Waals surface area contributed by atoms with Crippen LogP contribution >= 0.6 is 0 Å². The number of benzene rings is 2. The van der Waals surface area contributed by atoms with Crippen molar-refractivity contribution >= 4 is 10.9 Å². The summed E-state index contributed by atoms with van der Waals surface area (Å²) in [6.07, 6.45) is 4.11. The molecule has 2 heterocycles. The Morgan fingerprint density at radius 3 is 2.64 bits per heavy atom. The van der Waals surface area contributed by atoms with Crippen LogP contribution < -0.4 is 4.74 Å². The molecule has 0 saturated carbocycles. The highest BCUT2D eigenvalue weighted by molar-refractivity contribution is 5.85. The quantitative estimate of drug-likeness (QED) is 0.370. The van der Waals surface area contributed by atoms with Crippen molar-refractivity contribution in [2.24, 2.45) is 0 Å². The molecule has 0 amide bonds. The van der Waals surface area contributed by atoms with Gasteiger partial charge in [0.2, 0.25) is 0 Å². The third-order valence-corrected chi connectivity index (χ3v) is 7.47. The van der Waals surface area contributed by atoms with Gasteiger partial charge in [0, 0.05) is 49.4 Å².